The molecule has 4 rings (SSSR count). The van der Waals surface area contributed by atoms with Crippen LogP contribution in [0.1, 0.15) is 33.4 Å². The van der Waals surface area contributed by atoms with Gasteiger partial charge in [-0.3, -0.25) is 0 Å². The van der Waals surface area contributed by atoms with Crippen LogP contribution >= 0.6 is 23.5 Å². The van der Waals surface area contributed by atoms with Crippen molar-refractivity contribution in [2.24, 2.45) is 0 Å². The lowest BCUT2D eigenvalue weighted by atomic mass is 10.1. The van der Waals surface area contributed by atoms with Crippen molar-refractivity contribution in [1.29, 1.82) is 0 Å². The van der Waals surface area contributed by atoms with E-state index in [1.54, 1.807) is 0 Å². The SMILES string of the molecule is C=CC(=O)OCCOc1ccc(C#Cc2ccc(SCCSc3ccc(C#Cc4ccc(OCCOC(=O)C=C)c(C)c4)cc3)cc2)cc1C. The third kappa shape index (κ3) is 13.0. The molecule has 4 aromatic carbocycles. The molecule has 0 aliphatic carbocycles. The molecule has 0 N–H and O–H groups in total. The van der Waals surface area contributed by atoms with Crippen LogP contribution in [0.15, 0.2) is 120 Å². The molecule has 0 saturated heterocycles. The van der Waals surface area contributed by atoms with Crippen molar-refractivity contribution in [2.45, 2.75) is 23.6 Å². The van der Waals surface area contributed by atoms with Crippen LogP contribution < -0.4 is 9.47 Å². The van der Waals surface area contributed by atoms with Crippen molar-refractivity contribution in [2.75, 3.05) is 37.9 Å². The first-order valence-corrected chi connectivity index (χ1v) is 17.8. The van der Waals surface area contributed by atoms with E-state index in [-0.39, 0.29) is 26.4 Å². The Balaban J connectivity index is 1.17. The minimum atomic E-state index is -0.462. The van der Waals surface area contributed by atoms with Gasteiger partial charge in [-0.2, -0.15) is 0 Å². The summed E-state index contributed by atoms with van der Waals surface area (Å²) in [4.78, 5) is 24.7. The first-order valence-electron chi connectivity index (χ1n) is 15.9. The minimum absolute atomic E-state index is 0.168. The molecule has 4 aromatic rings. The van der Waals surface area contributed by atoms with E-state index in [4.69, 9.17) is 18.9 Å². The second kappa shape index (κ2) is 20.3. The van der Waals surface area contributed by atoms with Crippen LogP contribution in [0, 0.1) is 37.5 Å². The maximum Gasteiger partial charge on any atom is 0.330 e. The molecule has 0 heterocycles. The highest BCUT2D eigenvalue weighted by Gasteiger charge is 2.04. The summed E-state index contributed by atoms with van der Waals surface area (Å²) in [6, 6.07) is 28.2. The molecule has 0 spiro atoms. The number of esters is 2. The largest absolute Gasteiger partial charge is 0.490 e. The summed E-state index contributed by atoms with van der Waals surface area (Å²) in [6.45, 7) is 11.5. The number of hydrogen-bond donors (Lipinski definition) is 0. The zero-order valence-corrected chi connectivity index (χ0v) is 29.8. The predicted molar refractivity (Wildman–Crippen MR) is 202 cm³/mol. The highest BCUT2D eigenvalue weighted by Crippen LogP contribution is 2.24. The van der Waals surface area contributed by atoms with Gasteiger partial charge in [0.25, 0.3) is 0 Å². The summed E-state index contributed by atoms with van der Waals surface area (Å²) in [7, 11) is 0. The van der Waals surface area contributed by atoms with Crippen LogP contribution in [-0.2, 0) is 19.1 Å². The Hall–Kier alpha value is -5.28. The molecule has 0 aliphatic heterocycles. The van der Waals surface area contributed by atoms with Gasteiger partial charge in [-0.15, -0.1) is 23.5 Å². The smallest absolute Gasteiger partial charge is 0.330 e. The van der Waals surface area contributed by atoms with Crippen molar-refractivity contribution in [3.8, 4) is 35.2 Å². The fourth-order valence-electron chi connectivity index (χ4n) is 4.36. The van der Waals surface area contributed by atoms with Crippen molar-refractivity contribution in [3.05, 3.63) is 144 Å². The molecule has 0 bridgehead atoms. The van der Waals surface area contributed by atoms with Gasteiger partial charge in [0.05, 0.1) is 0 Å². The maximum atomic E-state index is 11.1. The second-order valence-electron chi connectivity index (χ2n) is 10.6. The molecule has 8 heteroatoms. The highest BCUT2D eigenvalue weighted by atomic mass is 32.2. The Labute approximate surface area is 303 Å². The zero-order valence-electron chi connectivity index (χ0n) is 28.2. The third-order valence-corrected chi connectivity index (χ3v) is 9.17. The van der Waals surface area contributed by atoms with E-state index in [9.17, 15) is 9.59 Å². The summed E-state index contributed by atoms with van der Waals surface area (Å²) < 4.78 is 21.3. The van der Waals surface area contributed by atoms with Gasteiger partial charge in [0.1, 0.15) is 37.9 Å². The summed E-state index contributed by atoms with van der Waals surface area (Å²) in [5.74, 6) is 15.4. The molecule has 0 fully saturated rings. The van der Waals surface area contributed by atoms with E-state index < -0.39 is 11.9 Å². The number of benzene rings is 4. The van der Waals surface area contributed by atoms with Gasteiger partial charge in [0.15, 0.2) is 0 Å². The normalized spacial score (nSPS) is 10.0. The quantitative estimate of drug-likeness (QED) is 0.0404. The number of carbonyl (C=O) groups is 2. The van der Waals surface area contributed by atoms with Gasteiger partial charge in [-0.25, -0.2) is 9.59 Å². The molecule has 0 saturated carbocycles. The first-order chi connectivity index (χ1) is 24.3. The summed E-state index contributed by atoms with van der Waals surface area (Å²) in [5.41, 5.74) is 5.64. The lowest BCUT2D eigenvalue weighted by molar-refractivity contribution is -0.139. The van der Waals surface area contributed by atoms with Crippen molar-refractivity contribution in [3.63, 3.8) is 0 Å². The van der Waals surface area contributed by atoms with Crippen LogP contribution in [0.4, 0.5) is 0 Å². The molecule has 0 radical (unpaired) electrons. The summed E-state index contributed by atoms with van der Waals surface area (Å²) >= 11 is 3.65. The Morgan fingerprint density at radius 2 is 0.920 bits per heavy atom. The minimum Gasteiger partial charge on any atom is -0.490 e. The van der Waals surface area contributed by atoms with Gasteiger partial charge in [-0.05, 0) is 110 Å². The molecule has 0 aromatic heterocycles. The number of aryl methyl sites for hydroxylation is 2. The molecular weight excluding hydrogens is 665 g/mol. The van der Waals surface area contributed by atoms with E-state index in [1.807, 2.05) is 98.0 Å². The summed E-state index contributed by atoms with van der Waals surface area (Å²) in [5, 5.41) is 0. The summed E-state index contributed by atoms with van der Waals surface area (Å²) in [6.07, 6.45) is 2.26. The molecule has 0 amide bonds. The van der Waals surface area contributed by atoms with Crippen LogP contribution in [-0.4, -0.2) is 49.9 Å². The average molecular weight is 703 g/mol. The fraction of sp³-hybridized carbons (Fsp3) is 0.190. The van der Waals surface area contributed by atoms with Crippen molar-refractivity contribution in [1.82, 2.24) is 0 Å². The third-order valence-electron chi connectivity index (χ3n) is 6.89. The highest BCUT2D eigenvalue weighted by molar-refractivity contribution is 8.03. The Morgan fingerprint density at radius 3 is 1.28 bits per heavy atom. The van der Waals surface area contributed by atoms with Gasteiger partial charge < -0.3 is 18.9 Å². The fourth-order valence-corrected chi connectivity index (χ4v) is 6.16. The van der Waals surface area contributed by atoms with Crippen molar-refractivity contribution < 1.29 is 28.5 Å². The van der Waals surface area contributed by atoms with E-state index in [1.165, 1.54) is 9.79 Å². The molecule has 50 heavy (non-hydrogen) atoms. The average Bonchev–Trinajstić information content (AvgIpc) is 3.14. The number of rotatable bonds is 15. The van der Waals surface area contributed by atoms with Gasteiger partial charge >= 0.3 is 11.9 Å². The number of carbonyl (C=O) groups excluding carboxylic acids is 2. The zero-order chi connectivity index (χ0) is 35.6. The number of ether oxygens (including phenoxy) is 4. The maximum absolute atomic E-state index is 11.1. The van der Waals surface area contributed by atoms with Gasteiger partial charge in [-0.1, -0.05) is 36.8 Å². The standard InChI is InChI=1S/C42H38O6S2/c1-5-41(43)47-25-23-45-39-21-15-35(29-31(39)3)9-7-33-11-17-37(18-12-33)49-27-28-50-38-19-13-34(14-20-38)8-10-36-16-22-40(32(4)30-36)46-24-26-48-42(44)6-2/h5-6,11-22,29-30H,1-2,23-28H2,3-4H3. The molecular formula is C42H38O6S2. The van der Waals surface area contributed by atoms with Crippen molar-refractivity contribution >= 4 is 35.5 Å². The topological polar surface area (TPSA) is 71.1 Å². The molecule has 0 aliphatic rings. The van der Waals surface area contributed by atoms with E-state index in [0.717, 1.165) is 68.5 Å². The number of hydrogen-bond acceptors (Lipinski definition) is 8. The first kappa shape index (κ1) is 37.5. The Morgan fingerprint density at radius 1 is 0.560 bits per heavy atom. The van der Waals surface area contributed by atoms with Crippen LogP contribution in [0.2, 0.25) is 0 Å². The lowest BCUT2D eigenvalue weighted by Gasteiger charge is -2.09. The number of thioether (sulfide) groups is 2. The van der Waals surface area contributed by atoms with Crippen LogP contribution in [0.3, 0.4) is 0 Å². The molecule has 6 nitrogen and oxygen atoms in total. The lowest BCUT2D eigenvalue weighted by Crippen LogP contribution is -2.10. The monoisotopic (exact) mass is 702 g/mol. The second-order valence-corrected chi connectivity index (χ2v) is 13.0. The molecule has 0 unspecified atom stereocenters. The van der Waals surface area contributed by atoms with Crippen LogP contribution in [0.5, 0.6) is 11.5 Å². The van der Waals surface area contributed by atoms with Gasteiger partial charge in [0.2, 0.25) is 0 Å². The van der Waals surface area contributed by atoms with Gasteiger partial charge in [0, 0.05) is 55.7 Å². The van der Waals surface area contributed by atoms with E-state index in [2.05, 4.69) is 61.1 Å². The predicted octanol–water partition coefficient (Wildman–Crippen LogP) is 8.20. The van der Waals surface area contributed by atoms with E-state index >= 15 is 0 Å². The van der Waals surface area contributed by atoms with Crippen LogP contribution in [0.25, 0.3) is 0 Å². The molecule has 254 valence electrons. The van der Waals surface area contributed by atoms with E-state index in [0.29, 0.717) is 0 Å². The Kier molecular flexibility index (Phi) is 15.2. The Bertz CT molecular complexity index is 1770. The molecule has 0 atom stereocenters.